The van der Waals surface area contributed by atoms with Crippen molar-refractivity contribution in [3.05, 3.63) is 53.6 Å². The standard InChI is InChI=1S/C15H11NO2/c1-10(17)11-2-4-12(5-3-11)13-6-7-14(9-16)15(18)8-13/h2-8,18H,1H3. The molecule has 0 aliphatic heterocycles. The van der Waals surface area contributed by atoms with Crippen LogP contribution >= 0.6 is 0 Å². The highest BCUT2D eigenvalue weighted by Gasteiger charge is 2.04. The molecule has 0 spiro atoms. The normalized spacial score (nSPS) is 9.78. The Hall–Kier alpha value is -2.60. The van der Waals surface area contributed by atoms with E-state index in [9.17, 15) is 9.90 Å². The van der Waals surface area contributed by atoms with E-state index >= 15 is 0 Å². The number of ketones is 1. The van der Waals surface area contributed by atoms with Crippen LogP contribution < -0.4 is 0 Å². The lowest BCUT2D eigenvalue weighted by Gasteiger charge is -2.04. The van der Waals surface area contributed by atoms with Crippen LogP contribution in [0.25, 0.3) is 11.1 Å². The Kier molecular flexibility index (Phi) is 3.11. The molecule has 0 saturated heterocycles. The van der Waals surface area contributed by atoms with Gasteiger partial charge in [0.1, 0.15) is 11.8 Å². The van der Waals surface area contributed by atoms with Gasteiger partial charge in [-0.05, 0) is 30.2 Å². The molecule has 1 N–H and O–H groups in total. The number of rotatable bonds is 2. The number of nitrogens with zero attached hydrogens (tertiary/aromatic N) is 1. The molecule has 0 bridgehead atoms. The highest BCUT2D eigenvalue weighted by molar-refractivity contribution is 5.94. The van der Waals surface area contributed by atoms with Gasteiger partial charge in [0.15, 0.2) is 5.78 Å². The van der Waals surface area contributed by atoms with Crippen molar-refractivity contribution in [2.24, 2.45) is 0 Å². The summed E-state index contributed by atoms with van der Waals surface area (Å²) in [6.07, 6.45) is 0. The Morgan fingerprint density at radius 3 is 2.22 bits per heavy atom. The maximum absolute atomic E-state index is 11.2. The summed E-state index contributed by atoms with van der Waals surface area (Å²) in [5, 5.41) is 18.3. The van der Waals surface area contributed by atoms with Crippen molar-refractivity contribution in [2.75, 3.05) is 0 Å². The molecule has 18 heavy (non-hydrogen) atoms. The lowest BCUT2D eigenvalue weighted by Crippen LogP contribution is -1.90. The Bertz CT molecular complexity index is 637. The van der Waals surface area contributed by atoms with Crippen molar-refractivity contribution in [1.29, 1.82) is 5.26 Å². The summed E-state index contributed by atoms with van der Waals surface area (Å²) in [7, 11) is 0. The van der Waals surface area contributed by atoms with Gasteiger partial charge in [0, 0.05) is 5.56 Å². The molecule has 3 nitrogen and oxygen atoms in total. The van der Waals surface area contributed by atoms with Crippen LogP contribution in [0, 0.1) is 11.3 Å². The molecule has 3 heteroatoms. The van der Waals surface area contributed by atoms with Crippen LogP contribution in [0.15, 0.2) is 42.5 Å². The molecule has 2 aromatic carbocycles. The molecule has 0 aromatic heterocycles. The summed E-state index contributed by atoms with van der Waals surface area (Å²) in [5.41, 5.74) is 2.59. The van der Waals surface area contributed by atoms with Crippen LogP contribution in [0.1, 0.15) is 22.8 Å². The number of nitriles is 1. The van der Waals surface area contributed by atoms with E-state index in [4.69, 9.17) is 5.26 Å². The number of Topliss-reactive ketones (excluding diaryl/α,β-unsaturated/α-hetero) is 1. The van der Waals surface area contributed by atoms with Crippen molar-refractivity contribution in [2.45, 2.75) is 6.92 Å². The molecule has 2 rings (SSSR count). The van der Waals surface area contributed by atoms with E-state index in [1.165, 1.54) is 6.92 Å². The first-order valence-corrected chi connectivity index (χ1v) is 5.46. The Morgan fingerprint density at radius 2 is 1.72 bits per heavy atom. The van der Waals surface area contributed by atoms with Gasteiger partial charge in [-0.3, -0.25) is 4.79 Å². The number of phenolic OH excluding ortho intramolecular Hbond substituents is 1. The largest absolute Gasteiger partial charge is 0.507 e. The first-order chi connectivity index (χ1) is 8.61. The van der Waals surface area contributed by atoms with Gasteiger partial charge >= 0.3 is 0 Å². The first-order valence-electron chi connectivity index (χ1n) is 5.46. The molecule has 88 valence electrons. The van der Waals surface area contributed by atoms with Crippen LogP contribution in [0.3, 0.4) is 0 Å². The maximum atomic E-state index is 11.2. The van der Waals surface area contributed by atoms with Gasteiger partial charge in [-0.25, -0.2) is 0 Å². The SMILES string of the molecule is CC(=O)c1ccc(-c2ccc(C#N)c(O)c2)cc1. The van der Waals surface area contributed by atoms with Crippen molar-refractivity contribution in [3.8, 4) is 22.9 Å². The minimum absolute atomic E-state index is 0.0178. The van der Waals surface area contributed by atoms with Gasteiger partial charge in [-0.15, -0.1) is 0 Å². The molecule has 0 saturated carbocycles. The molecular formula is C15H11NO2. The molecule has 0 radical (unpaired) electrons. The van der Waals surface area contributed by atoms with Gasteiger partial charge in [0.25, 0.3) is 0 Å². The van der Waals surface area contributed by atoms with Crippen LogP contribution in [0.5, 0.6) is 5.75 Å². The number of phenols is 1. The molecule has 0 aliphatic rings. The van der Waals surface area contributed by atoms with Crippen LogP contribution in [-0.2, 0) is 0 Å². The fourth-order valence-corrected chi connectivity index (χ4v) is 1.70. The number of hydrogen-bond donors (Lipinski definition) is 1. The molecule has 0 fully saturated rings. The summed E-state index contributed by atoms with van der Waals surface area (Å²) in [6, 6.07) is 13.9. The second-order valence-electron chi connectivity index (χ2n) is 3.98. The molecule has 0 amide bonds. The van der Waals surface area contributed by atoms with E-state index in [0.717, 1.165) is 11.1 Å². The minimum Gasteiger partial charge on any atom is -0.507 e. The van der Waals surface area contributed by atoms with Gasteiger partial charge in [-0.1, -0.05) is 30.3 Å². The van der Waals surface area contributed by atoms with Gasteiger partial charge in [-0.2, -0.15) is 5.26 Å². The molecule has 2 aromatic rings. The number of aromatic hydroxyl groups is 1. The van der Waals surface area contributed by atoms with E-state index in [-0.39, 0.29) is 17.1 Å². The second kappa shape index (κ2) is 4.72. The molecule has 0 unspecified atom stereocenters. The summed E-state index contributed by atoms with van der Waals surface area (Å²) < 4.78 is 0. The third-order valence-corrected chi connectivity index (χ3v) is 2.74. The van der Waals surface area contributed by atoms with E-state index in [1.54, 1.807) is 30.3 Å². The number of carbonyl (C=O) groups is 1. The molecule has 0 atom stereocenters. The highest BCUT2D eigenvalue weighted by atomic mass is 16.3. The quantitative estimate of drug-likeness (QED) is 0.816. The lowest BCUT2D eigenvalue weighted by atomic mass is 10.0. The monoisotopic (exact) mass is 237 g/mol. The smallest absolute Gasteiger partial charge is 0.159 e. The van der Waals surface area contributed by atoms with E-state index < -0.39 is 0 Å². The van der Waals surface area contributed by atoms with Crippen LogP contribution in [0.4, 0.5) is 0 Å². The lowest BCUT2D eigenvalue weighted by molar-refractivity contribution is 0.101. The number of benzene rings is 2. The van der Waals surface area contributed by atoms with E-state index in [2.05, 4.69) is 0 Å². The van der Waals surface area contributed by atoms with Gasteiger partial charge in [0.2, 0.25) is 0 Å². The Labute approximate surface area is 105 Å². The fourth-order valence-electron chi connectivity index (χ4n) is 1.70. The minimum atomic E-state index is -0.0364. The van der Waals surface area contributed by atoms with E-state index in [0.29, 0.717) is 5.56 Å². The van der Waals surface area contributed by atoms with Crippen molar-refractivity contribution < 1.29 is 9.90 Å². The third-order valence-electron chi connectivity index (χ3n) is 2.74. The maximum Gasteiger partial charge on any atom is 0.159 e. The Balaban J connectivity index is 2.40. The average Bonchev–Trinajstić information content (AvgIpc) is 2.38. The zero-order valence-electron chi connectivity index (χ0n) is 9.84. The van der Waals surface area contributed by atoms with Crippen LogP contribution in [0.2, 0.25) is 0 Å². The predicted octanol–water partition coefficient (Wildman–Crippen LogP) is 3.13. The van der Waals surface area contributed by atoms with Crippen molar-refractivity contribution >= 4 is 5.78 Å². The van der Waals surface area contributed by atoms with Crippen molar-refractivity contribution in [3.63, 3.8) is 0 Å². The van der Waals surface area contributed by atoms with Crippen molar-refractivity contribution in [1.82, 2.24) is 0 Å². The summed E-state index contributed by atoms with van der Waals surface area (Å²) in [4.78, 5) is 11.2. The first kappa shape index (κ1) is 11.9. The van der Waals surface area contributed by atoms with E-state index in [1.807, 2.05) is 18.2 Å². The predicted molar refractivity (Wildman–Crippen MR) is 68.3 cm³/mol. The fraction of sp³-hybridized carbons (Fsp3) is 0.0667. The summed E-state index contributed by atoms with van der Waals surface area (Å²) in [6.45, 7) is 1.52. The summed E-state index contributed by atoms with van der Waals surface area (Å²) >= 11 is 0. The second-order valence-corrected chi connectivity index (χ2v) is 3.98. The zero-order valence-corrected chi connectivity index (χ0v) is 9.84. The topological polar surface area (TPSA) is 61.1 Å². The number of hydrogen-bond acceptors (Lipinski definition) is 3. The Morgan fingerprint density at radius 1 is 1.11 bits per heavy atom. The number of carbonyl (C=O) groups excluding carboxylic acids is 1. The van der Waals surface area contributed by atoms with Gasteiger partial charge < -0.3 is 5.11 Å². The third kappa shape index (κ3) is 2.23. The van der Waals surface area contributed by atoms with Crippen LogP contribution in [-0.4, -0.2) is 10.9 Å². The molecular weight excluding hydrogens is 226 g/mol. The molecule has 0 heterocycles. The zero-order chi connectivity index (χ0) is 13.1. The summed E-state index contributed by atoms with van der Waals surface area (Å²) in [5.74, 6) is -0.0186. The molecule has 0 aliphatic carbocycles. The van der Waals surface area contributed by atoms with Gasteiger partial charge in [0.05, 0.1) is 5.56 Å². The average molecular weight is 237 g/mol. The highest BCUT2D eigenvalue weighted by Crippen LogP contribution is 2.26.